The summed E-state index contributed by atoms with van der Waals surface area (Å²) in [5.41, 5.74) is 0.669. The van der Waals surface area contributed by atoms with Crippen molar-refractivity contribution in [3.05, 3.63) is 18.2 Å². The number of amides is 2. The molecule has 0 spiro atoms. The van der Waals surface area contributed by atoms with Gasteiger partial charge in [-0.15, -0.1) is 0 Å². The second-order valence-electron chi connectivity index (χ2n) is 5.91. The molecule has 6 nitrogen and oxygen atoms in total. The van der Waals surface area contributed by atoms with E-state index in [2.05, 4.69) is 26.1 Å². The quantitative estimate of drug-likeness (QED) is 0.699. The monoisotopic (exact) mass is 338 g/mol. The van der Waals surface area contributed by atoms with Crippen LogP contribution in [0.15, 0.2) is 18.2 Å². The van der Waals surface area contributed by atoms with Gasteiger partial charge in [0, 0.05) is 31.5 Å². The van der Waals surface area contributed by atoms with E-state index in [1.807, 2.05) is 11.8 Å². The summed E-state index contributed by atoms with van der Waals surface area (Å²) in [7, 11) is 3.20. The fraction of sp³-hybridized carbons (Fsp3) is 0.611. The first-order valence-corrected chi connectivity index (χ1v) is 8.31. The van der Waals surface area contributed by atoms with Gasteiger partial charge in [-0.25, -0.2) is 4.79 Å². The van der Waals surface area contributed by atoms with E-state index < -0.39 is 0 Å². The first-order valence-electron chi connectivity index (χ1n) is 8.31. The zero-order chi connectivity index (χ0) is 18.1. The lowest BCUT2D eigenvalue weighted by atomic mass is 10.1. The average molecular weight is 338 g/mol. The van der Waals surface area contributed by atoms with Crippen LogP contribution in [0, 0.1) is 5.92 Å². The fourth-order valence-electron chi connectivity index (χ4n) is 2.27. The van der Waals surface area contributed by atoms with E-state index in [0.29, 0.717) is 42.9 Å². The highest BCUT2D eigenvalue weighted by molar-refractivity contribution is 5.90. The number of hydrogen-bond acceptors (Lipinski definition) is 4. The first kappa shape index (κ1) is 20.1. The van der Waals surface area contributed by atoms with Crippen LogP contribution >= 0.6 is 0 Å². The lowest BCUT2D eigenvalue weighted by Crippen LogP contribution is -2.43. The Morgan fingerprint density at radius 1 is 1.17 bits per heavy atom. The molecule has 0 radical (unpaired) electrons. The molecule has 0 heterocycles. The van der Waals surface area contributed by atoms with Crippen molar-refractivity contribution in [2.24, 2.45) is 5.92 Å². The molecule has 0 aromatic heterocycles. The molecule has 1 N–H and O–H groups in total. The molecule has 0 aliphatic heterocycles. The van der Waals surface area contributed by atoms with Crippen molar-refractivity contribution in [2.75, 3.05) is 39.3 Å². The van der Waals surface area contributed by atoms with E-state index in [9.17, 15) is 4.79 Å². The maximum absolute atomic E-state index is 12.5. The van der Waals surface area contributed by atoms with Crippen LogP contribution in [0.4, 0.5) is 10.5 Å². The van der Waals surface area contributed by atoms with Crippen molar-refractivity contribution < 1.29 is 19.0 Å². The zero-order valence-corrected chi connectivity index (χ0v) is 15.6. The summed E-state index contributed by atoms with van der Waals surface area (Å²) in [6.07, 6.45) is 0. The lowest BCUT2D eigenvalue weighted by molar-refractivity contribution is 0.144. The van der Waals surface area contributed by atoms with E-state index in [1.54, 1.807) is 32.4 Å². The van der Waals surface area contributed by atoms with Crippen molar-refractivity contribution in [3.8, 4) is 11.5 Å². The molecular formula is C18H30N2O4. The number of rotatable bonds is 9. The minimum absolute atomic E-state index is 0.119. The summed E-state index contributed by atoms with van der Waals surface area (Å²) in [4.78, 5) is 14.4. The maximum atomic E-state index is 12.5. The van der Waals surface area contributed by atoms with Gasteiger partial charge in [0.25, 0.3) is 0 Å². The molecule has 0 bridgehead atoms. The lowest BCUT2D eigenvalue weighted by Gasteiger charge is -2.31. The van der Waals surface area contributed by atoms with Crippen molar-refractivity contribution in [3.63, 3.8) is 0 Å². The van der Waals surface area contributed by atoms with E-state index in [0.717, 1.165) is 0 Å². The second-order valence-corrected chi connectivity index (χ2v) is 5.91. The molecule has 24 heavy (non-hydrogen) atoms. The van der Waals surface area contributed by atoms with Gasteiger partial charge in [-0.05, 0) is 31.9 Å². The molecule has 1 aromatic rings. The number of carbonyl (C=O) groups excluding carboxylic acids is 1. The average Bonchev–Trinajstić information content (AvgIpc) is 2.55. The molecule has 0 saturated carbocycles. The molecule has 0 aliphatic rings. The third-order valence-electron chi connectivity index (χ3n) is 4.02. The molecule has 0 aliphatic carbocycles. The van der Waals surface area contributed by atoms with Crippen LogP contribution in [0.5, 0.6) is 11.5 Å². The van der Waals surface area contributed by atoms with Crippen LogP contribution in [-0.4, -0.2) is 51.0 Å². The summed E-state index contributed by atoms with van der Waals surface area (Å²) in [5.74, 6) is 1.58. The van der Waals surface area contributed by atoms with Gasteiger partial charge >= 0.3 is 6.03 Å². The van der Waals surface area contributed by atoms with Gasteiger partial charge < -0.3 is 24.4 Å². The van der Waals surface area contributed by atoms with Gasteiger partial charge in [0.15, 0.2) is 11.5 Å². The van der Waals surface area contributed by atoms with Crippen LogP contribution < -0.4 is 14.8 Å². The fourth-order valence-corrected chi connectivity index (χ4v) is 2.27. The molecule has 0 unspecified atom stereocenters. The molecule has 0 saturated heterocycles. The molecule has 1 rings (SSSR count). The summed E-state index contributed by atoms with van der Waals surface area (Å²) in [5, 5.41) is 2.93. The minimum atomic E-state index is -0.119. The van der Waals surface area contributed by atoms with Crippen molar-refractivity contribution in [1.82, 2.24) is 4.90 Å². The Hall–Kier alpha value is -1.95. The van der Waals surface area contributed by atoms with Gasteiger partial charge in [0.2, 0.25) is 0 Å². The van der Waals surface area contributed by atoms with Crippen molar-refractivity contribution in [2.45, 2.75) is 33.7 Å². The molecular weight excluding hydrogens is 308 g/mol. The van der Waals surface area contributed by atoms with E-state index in [4.69, 9.17) is 14.2 Å². The van der Waals surface area contributed by atoms with Crippen LogP contribution in [0.2, 0.25) is 0 Å². The standard InChI is InChI=1S/C18H30N2O4/c1-7-20(14(4)13(2)3)18(21)19-15-8-9-16(23-6)17(12-15)24-11-10-22-5/h8-9,12-14H,7,10-11H2,1-6H3,(H,19,21)/t14-/m0/s1. The Labute approximate surface area is 145 Å². The van der Waals surface area contributed by atoms with Crippen LogP contribution in [0.1, 0.15) is 27.7 Å². The number of ether oxygens (including phenoxy) is 3. The third kappa shape index (κ3) is 5.60. The molecule has 6 heteroatoms. The highest BCUT2D eigenvalue weighted by Crippen LogP contribution is 2.30. The van der Waals surface area contributed by atoms with E-state index in [1.165, 1.54) is 0 Å². The van der Waals surface area contributed by atoms with E-state index in [-0.39, 0.29) is 12.1 Å². The SMILES string of the molecule is CCN(C(=O)Nc1ccc(OC)c(OCCOC)c1)[C@@H](C)C(C)C. The number of nitrogens with zero attached hydrogens (tertiary/aromatic N) is 1. The molecule has 0 fully saturated rings. The van der Waals surface area contributed by atoms with Gasteiger partial charge in [-0.1, -0.05) is 13.8 Å². The number of nitrogens with one attached hydrogen (secondary N) is 1. The van der Waals surface area contributed by atoms with E-state index >= 15 is 0 Å². The maximum Gasteiger partial charge on any atom is 0.322 e. The molecule has 1 aromatic carbocycles. The topological polar surface area (TPSA) is 60.0 Å². The van der Waals surface area contributed by atoms with Gasteiger partial charge in [-0.2, -0.15) is 0 Å². The smallest absolute Gasteiger partial charge is 0.322 e. The van der Waals surface area contributed by atoms with Crippen molar-refractivity contribution >= 4 is 11.7 Å². The van der Waals surface area contributed by atoms with Crippen molar-refractivity contribution in [1.29, 1.82) is 0 Å². The Bertz CT molecular complexity index is 520. The summed E-state index contributed by atoms with van der Waals surface area (Å²) in [6, 6.07) is 5.38. The summed E-state index contributed by atoms with van der Waals surface area (Å²) >= 11 is 0. The Morgan fingerprint density at radius 2 is 1.88 bits per heavy atom. The molecule has 1 atom stereocenters. The minimum Gasteiger partial charge on any atom is -0.493 e. The number of hydrogen-bond donors (Lipinski definition) is 1. The molecule has 2 amide bonds. The van der Waals surface area contributed by atoms with Gasteiger partial charge in [-0.3, -0.25) is 0 Å². The summed E-state index contributed by atoms with van der Waals surface area (Å²) < 4.78 is 15.9. The highest BCUT2D eigenvalue weighted by Gasteiger charge is 2.21. The third-order valence-corrected chi connectivity index (χ3v) is 4.02. The zero-order valence-electron chi connectivity index (χ0n) is 15.6. The normalized spacial score (nSPS) is 12.0. The second kappa shape index (κ2) is 10.0. The number of anilines is 1. The number of benzene rings is 1. The Kier molecular flexibility index (Phi) is 8.40. The van der Waals surface area contributed by atoms with Gasteiger partial charge in [0.1, 0.15) is 6.61 Å². The largest absolute Gasteiger partial charge is 0.493 e. The predicted octanol–water partition coefficient (Wildman–Crippen LogP) is 3.62. The highest BCUT2D eigenvalue weighted by atomic mass is 16.5. The Morgan fingerprint density at radius 3 is 2.42 bits per heavy atom. The first-order chi connectivity index (χ1) is 11.4. The predicted molar refractivity (Wildman–Crippen MR) is 96.1 cm³/mol. The number of urea groups is 1. The van der Waals surface area contributed by atoms with Crippen LogP contribution in [0.3, 0.4) is 0 Å². The van der Waals surface area contributed by atoms with Gasteiger partial charge in [0.05, 0.1) is 13.7 Å². The molecule has 136 valence electrons. The number of carbonyl (C=O) groups is 1. The number of methoxy groups -OCH3 is 2. The van der Waals surface area contributed by atoms with Crippen LogP contribution in [-0.2, 0) is 4.74 Å². The summed E-state index contributed by atoms with van der Waals surface area (Å²) in [6.45, 7) is 9.79. The van der Waals surface area contributed by atoms with Crippen LogP contribution in [0.25, 0.3) is 0 Å². The Balaban J connectivity index is 2.85.